The summed E-state index contributed by atoms with van der Waals surface area (Å²) in [6.45, 7) is 1.32. The second kappa shape index (κ2) is 7.13. The lowest BCUT2D eigenvalue weighted by Crippen LogP contribution is -2.42. The molecule has 0 radical (unpaired) electrons. The number of piperidine rings is 1. The first kappa shape index (κ1) is 16.1. The van der Waals surface area contributed by atoms with Gasteiger partial charge in [0.25, 0.3) is 0 Å². The molecule has 0 saturated carbocycles. The van der Waals surface area contributed by atoms with Crippen LogP contribution in [0.25, 0.3) is 0 Å². The number of hydrogen-bond donors (Lipinski definition) is 3. The maximum absolute atomic E-state index is 12.1. The standard InChI is InChI=1S/C15H21N3O4/c1-22-13-5-4-11(7-12(13)16)17-14(19)9-18-6-2-3-10(8-18)15(20)21/h4-5,7,10H,2-3,6,8-9,16H2,1H3,(H,17,19)(H,20,21). The SMILES string of the molecule is COc1ccc(NC(=O)CN2CCCC(C(=O)O)C2)cc1N. The van der Waals surface area contributed by atoms with Gasteiger partial charge in [-0.25, -0.2) is 0 Å². The lowest BCUT2D eigenvalue weighted by molar-refractivity contribution is -0.144. The second-order valence-electron chi connectivity index (χ2n) is 5.42. The molecule has 2 rings (SSSR count). The minimum absolute atomic E-state index is 0.176. The van der Waals surface area contributed by atoms with E-state index in [2.05, 4.69) is 5.32 Å². The maximum Gasteiger partial charge on any atom is 0.307 e. The Kier molecular flexibility index (Phi) is 5.21. The molecule has 1 fully saturated rings. The predicted octanol–water partition coefficient (Wildman–Crippen LogP) is 1.01. The van der Waals surface area contributed by atoms with Gasteiger partial charge >= 0.3 is 5.97 Å². The predicted molar refractivity (Wildman–Crippen MR) is 82.8 cm³/mol. The van der Waals surface area contributed by atoms with E-state index in [0.717, 1.165) is 13.0 Å². The van der Waals surface area contributed by atoms with E-state index in [1.165, 1.54) is 7.11 Å². The molecular formula is C15H21N3O4. The van der Waals surface area contributed by atoms with Gasteiger partial charge in [0, 0.05) is 12.2 Å². The number of carboxylic acids is 1. The van der Waals surface area contributed by atoms with Crippen molar-refractivity contribution < 1.29 is 19.4 Å². The molecule has 4 N–H and O–H groups in total. The number of likely N-dealkylation sites (tertiary alicyclic amines) is 1. The van der Waals surface area contributed by atoms with Gasteiger partial charge in [0.15, 0.2) is 0 Å². The lowest BCUT2D eigenvalue weighted by Gasteiger charge is -2.29. The molecule has 1 aromatic rings. The van der Waals surface area contributed by atoms with Crippen LogP contribution in [-0.2, 0) is 9.59 Å². The summed E-state index contributed by atoms with van der Waals surface area (Å²) >= 11 is 0. The zero-order valence-electron chi connectivity index (χ0n) is 12.5. The normalized spacial score (nSPS) is 18.7. The lowest BCUT2D eigenvalue weighted by atomic mass is 9.98. The van der Waals surface area contributed by atoms with E-state index in [1.807, 2.05) is 4.90 Å². The summed E-state index contributed by atoms with van der Waals surface area (Å²) in [5, 5.41) is 11.8. The molecule has 0 aromatic heterocycles. The van der Waals surface area contributed by atoms with Gasteiger partial charge < -0.3 is 20.9 Å². The number of amides is 1. The summed E-state index contributed by atoms with van der Waals surface area (Å²) in [5.41, 5.74) is 6.83. The molecule has 22 heavy (non-hydrogen) atoms. The van der Waals surface area contributed by atoms with E-state index >= 15 is 0 Å². The van der Waals surface area contributed by atoms with Crippen LogP contribution >= 0.6 is 0 Å². The number of rotatable bonds is 5. The van der Waals surface area contributed by atoms with Crippen molar-refractivity contribution >= 4 is 23.3 Å². The Hall–Kier alpha value is -2.28. The second-order valence-corrected chi connectivity index (χ2v) is 5.42. The Morgan fingerprint density at radius 2 is 2.27 bits per heavy atom. The molecule has 120 valence electrons. The third kappa shape index (κ3) is 4.11. The fourth-order valence-electron chi connectivity index (χ4n) is 2.62. The van der Waals surface area contributed by atoms with E-state index in [0.29, 0.717) is 30.1 Å². The molecule has 1 amide bonds. The van der Waals surface area contributed by atoms with Gasteiger partial charge in [-0.3, -0.25) is 14.5 Å². The van der Waals surface area contributed by atoms with Crippen LogP contribution in [-0.4, -0.2) is 48.6 Å². The Bertz CT molecular complexity index is 562. The maximum atomic E-state index is 12.1. The number of carbonyl (C=O) groups is 2. The molecule has 7 nitrogen and oxygen atoms in total. The van der Waals surface area contributed by atoms with E-state index in [9.17, 15) is 9.59 Å². The van der Waals surface area contributed by atoms with Crippen molar-refractivity contribution in [1.82, 2.24) is 4.90 Å². The average Bonchev–Trinajstić information content (AvgIpc) is 2.47. The van der Waals surface area contributed by atoms with Crippen LogP contribution in [0.5, 0.6) is 5.75 Å². The van der Waals surface area contributed by atoms with Gasteiger partial charge in [-0.05, 0) is 37.6 Å². The fraction of sp³-hybridized carbons (Fsp3) is 0.467. The van der Waals surface area contributed by atoms with Crippen molar-refractivity contribution in [2.45, 2.75) is 12.8 Å². The molecule has 1 unspecified atom stereocenters. The molecule has 1 aliphatic rings. The number of hydrogen-bond acceptors (Lipinski definition) is 5. The minimum Gasteiger partial charge on any atom is -0.495 e. The summed E-state index contributed by atoms with van der Waals surface area (Å²) < 4.78 is 5.06. The van der Waals surface area contributed by atoms with E-state index < -0.39 is 11.9 Å². The van der Waals surface area contributed by atoms with Crippen LogP contribution in [0.3, 0.4) is 0 Å². The number of carboxylic acid groups (broad SMARTS) is 1. The molecular weight excluding hydrogens is 286 g/mol. The van der Waals surface area contributed by atoms with Gasteiger partial charge in [0.1, 0.15) is 5.75 Å². The first-order valence-corrected chi connectivity index (χ1v) is 7.18. The zero-order valence-corrected chi connectivity index (χ0v) is 12.5. The summed E-state index contributed by atoms with van der Waals surface area (Å²) in [5.74, 6) is -0.819. The minimum atomic E-state index is -0.798. The van der Waals surface area contributed by atoms with Crippen molar-refractivity contribution in [3.8, 4) is 5.75 Å². The number of methoxy groups -OCH3 is 1. The molecule has 1 saturated heterocycles. The van der Waals surface area contributed by atoms with Crippen molar-refractivity contribution in [2.24, 2.45) is 5.92 Å². The number of nitrogens with two attached hydrogens (primary N) is 1. The highest BCUT2D eigenvalue weighted by atomic mass is 16.5. The number of nitrogens with zero attached hydrogens (tertiary/aromatic N) is 1. The summed E-state index contributed by atoms with van der Waals surface area (Å²) in [4.78, 5) is 24.9. The fourth-order valence-corrected chi connectivity index (χ4v) is 2.62. The topological polar surface area (TPSA) is 105 Å². The highest BCUT2D eigenvalue weighted by molar-refractivity contribution is 5.93. The van der Waals surface area contributed by atoms with Crippen LogP contribution in [0.2, 0.25) is 0 Å². The molecule has 1 atom stereocenters. The quantitative estimate of drug-likeness (QED) is 0.701. The monoisotopic (exact) mass is 307 g/mol. The molecule has 1 aliphatic heterocycles. The van der Waals surface area contributed by atoms with Gasteiger partial charge in [-0.2, -0.15) is 0 Å². The van der Waals surface area contributed by atoms with Crippen LogP contribution in [0.4, 0.5) is 11.4 Å². The van der Waals surface area contributed by atoms with Crippen LogP contribution in [0, 0.1) is 5.92 Å². The zero-order chi connectivity index (χ0) is 16.1. The number of benzene rings is 1. The smallest absolute Gasteiger partial charge is 0.307 e. The summed E-state index contributed by atoms with van der Waals surface area (Å²) in [6.07, 6.45) is 1.46. The highest BCUT2D eigenvalue weighted by Crippen LogP contribution is 2.24. The van der Waals surface area contributed by atoms with Crippen molar-refractivity contribution in [3.63, 3.8) is 0 Å². The largest absolute Gasteiger partial charge is 0.495 e. The van der Waals surface area contributed by atoms with Crippen LogP contribution < -0.4 is 15.8 Å². The number of aliphatic carboxylic acids is 1. The molecule has 1 heterocycles. The third-order valence-electron chi connectivity index (χ3n) is 3.74. The molecule has 0 aliphatic carbocycles. The van der Waals surface area contributed by atoms with Crippen molar-refractivity contribution in [3.05, 3.63) is 18.2 Å². The van der Waals surface area contributed by atoms with Gasteiger partial charge in [0.2, 0.25) is 5.91 Å². The molecule has 0 spiro atoms. The first-order valence-electron chi connectivity index (χ1n) is 7.18. The summed E-state index contributed by atoms with van der Waals surface area (Å²) in [6, 6.07) is 5.03. The molecule has 7 heteroatoms. The number of anilines is 2. The van der Waals surface area contributed by atoms with Gasteiger partial charge in [-0.1, -0.05) is 0 Å². The Morgan fingerprint density at radius 3 is 2.91 bits per heavy atom. The third-order valence-corrected chi connectivity index (χ3v) is 3.74. The number of nitrogens with one attached hydrogen (secondary N) is 1. The van der Waals surface area contributed by atoms with E-state index in [-0.39, 0.29) is 12.5 Å². The van der Waals surface area contributed by atoms with E-state index in [4.69, 9.17) is 15.6 Å². The number of carbonyl (C=O) groups excluding carboxylic acids is 1. The Labute approximate surface area is 129 Å². The van der Waals surface area contributed by atoms with Gasteiger partial charge in [0.05, 0.1) is 25.3 Å². The van der Waals surface area contributed by atoms with Crippen LogP contribution in [0.1, 0.15) is 12.8 Å². The van der Waals surface area contributed by atoms with Crippen molar-refractivity contribution in [1.29, 1.82) is 0 Å². The van der Waals surface area contributed by atoms with Crippen molar-refractivity contribution in [2.75, 3.05) is 37.8 Å². The molecule has 0 bridgehead atoms. The highest BCUT2D eigenvalue weighted by Gasteiger charge is 2.26. The summed E-state index contributed by atoms with van der Waals surface area (Å²) in [7, 11) is 1.53. The number of nitrogen functional groups attached to an aromatic ring is 1. The Balaban J connectivity index is 1.90. The first-order chi connectivity index (χ1) is 10.5. The van der Waals surface area contributed by atoms with E-state index in [1.54, 1.807) is 18.2 Å². The number of ether oxygens (including phenoxy) is 1. The van der Waals surface area contributed by atoms with Gasteiger partial charge in [-0.15, -0.1) is 0 Å². The van der Waals surface area contributed by atoms with Crippen LogP contribution in [0.15, 0.2) is 18.2 Å². The average molecular weight is 307 g/mol. The molecule has 1 aromatic carbocycles. The Morgan fingerprint density at radius 1 is 1.50 bits per heavy atom.